The maximum Gasteiger partial charge on any atom is 0.270 e. The van der Waals surface area contributed by atoms with Crippen LogP contribution in [0, 0.1) is 14.9 Å². The van der Waals surface area contributed by atoms with Crippen molar-refractivity contribution in [3.8, 4) is 5.75 Å². The van der Waals surface area contributed by atoms with Gasteiger partial charge in [-0.15, -0.1) is 17.9 Å². The van der Waals surface area contributed by atoms with Crippen molar-refractivity contribution in [3.63, 3.8) is 0 Å². The van der Waals surface area contributed by atoms with Crippen molar-refractivity contribution in [2.75, 3.05) is 12.4 Å². The molecule has 0 saturated carbocycles. The predicted octanol–water partition coefficient (Wildman–Crippen LogP) is 3.34. The van der Waals surface area contributed by atoms with Gasteiger partial charge in [0.1, 0.15) is 11.6 Å². The number of thiazole rings is 1. The highest BCUT2D eigenvalue weighted by molar-refractivity contribution is 7.71. The van der Waals surface area contributed by atoms with Crippen LogP contribution < -0.4 is 10.1 Å². The summed E-state index contributed by atoms with van der Waals surface area (Å²) in [7, 11) is 1.38. The third-order valence-electron chi connectivity index (χ3n) is 3.90. The summed E-state index contributed by atoms with van der Waals surface area (Å²) >= 11 is 6.42. The minimum Gasteiger partial charge on any atom is -0.496 e. The largest absolute Gasteiger partial charge is 0.496 e. The van der Waals surface area contributed by atoms with E-state index >= 15 is 0 Å². The number of methoxy groups -OCH3 is 1. The average molecular weight is 432 g/mol. The number of nitro benzene ring substituents is 1. The number of nitrogens with one attached hydrogen (secondary N) is 2. The molecule has 29 heavy (non-hydrogen) atoms. The Kier molecular flexibility index (Phi) is 6.14. The molecule has 2 aromatic heterocycles. The predicted molar refractivity (Wildman–Crippen MR) is 110 cm³/mol. The fraction of sp³-hybridized carbons (Fsp3) is 0.176. The molecule has 10 nitrogen and oxygen atoms in total. The number of carbonyl (C=O) groups excluding carboxylic acids is 1. The second-order valence-corrected chi connectivity index (χ2v) is 7.01. The maximum atomic E-state index is 12.6. The first-order chi connectivity index (χ1) is 13.9. The fourth-order valence-corrected chi connectivity index (χ4v) is 3.49. The van der Waals surface area contributed by atoms with E-state index in [0.29, 0.717) is 34.4 Å². The SMILES string of the molecule is C=CCn1c(Cc2csc(NC(=O)c3cc([N+](=O)[O-])ccc3OC)n2)n[nH]c1=S. The summed E-state index contributed by atoms with van der Waals surface area (Å²) in [6.45, 7) is 4.22. The van der Waals surface area contributed by atoms with Crippen molar-refractivity contribution in [1.82, 2.24) is 19.7 Å². The topological polar surface area (TPSA) is 128 Å². The van der Waals surface area contributed by atoms with Crippen LogP contribution in [0.15, 0.2) is 36.2 Å². The molecule has 150 valence electrons. The lowest BCUT2D eigenvalue weighted by atomic mass is 10.1. The molecule has 1 aromatic carbocycles. The van der Waals surface area contributed by atoms with Gasteiger partial charge in [-0.05, 0) is 18.3 Å². The van der Waals surface area contributed by atoms with E-state index in [4.69, 9.17) is 17.0 Å². The van der Waals surface area contributed by atoms with E-state index in [1.807, 2.05) is 0 Å². The Hall–Kier alpha value is -3.38. The number of benzene rings is 1. The number of nitro groups is 1. The zero-order chi connectivity index (χ0) is 21.0. The number of nitrogens with zero attached hydrogens (tertiary/aromatic N) is 4. The van der Waals surface area contributed by atoms with Crippen LogP contribution in [0.1, 0.15) is 21.9 Å². The van der Waals surface area contributed by atoms with E-state index in [-0.39, 0.29) is 17.0 Å². The maximum absolute atomic E-state index is 12.6. The highest BCUT2D eigenvalue weighted by Gasteiger charge is 2.19. The van der Waals surface area contributed by atoms with Gasteiger partial charge in [0.25, 0.3) is 11.6 Å². The smallest absolute Gasteiger partial charge is 0.270 e. The Morgan fingerprint density at radius 1 is 1.55 bits per heavy atom. The molecular weight excluding hydrogens is 416 g/mol. The van der Waals surface area contributed by atoms with E-state index in [1.165, 1.54) is 30.6 Å². The second kappa shape index (κ2) is 8.75. The van der Waals surface area contributed by atoms with Gasteiger partial charge in [-0.3, -0.25) is 29.9 Å². The lowest BCUT2D eigenvalue weighted by molar-refractivity contribution is -0.384. The number of aromatic amines is 1. The number of anilines is 1. The first-order valence-electron chi connectivity index (χ1n) is 8.26. The average Bonchev–Trinajstić information content (AvgIpc) is 3.29. The van der Waals surface area contributed by atoms with Crippen LogP contribution >= 0.6 is 23.6 Å². The van der Waals surface area contributed by atoms with E-state index in [0.717, 1.165) is 6.07 Å². The number of H-pyrrole nitrogens is 1. The van der Waals surface area contributed by atoms with E-state index in [2.05, 4.69) is 27.1 Å². The van der Waals surface area contributed by atoms with Gasteiger partial charge in [0.05, 0.1) is 29.7 Å². The number of carbonyl (C=O) groups is 1. The molecule has 0 bridgehead atoms. The molecule has 0 aliphatic rings. The molecular formula is C17H16N6O4S2. The van der Waals surface area contributed by atoms with Crippen LogP contribution in [-0.4, -0.2) is 37.7 Å². The Labute approximate surface area is 174 Å². The summed E-state index contributed by atoms with van der Waals surface area (Å²) < 4.78 is 7.42. The minimum absolute atomic E-state index is 0.0466. The minimum atomic E-state index is -0.576. The first kappa shape index (κ1) is 20.4. The summed E-state index contributed by atoms with van der Waals surface area (Å²) in [5, 5.41) is 22.7. The van der Waals surface area contributed by atoms with Crippen LogP contribution in [0.4, 0.5) is 10.8 Å². The molecule has 0 saturated heterocycles. The Morgan fingerprint density at radius 3 is 3.03 bits per heavy atom. The number of aromatic nitrogens is 4. The van der Waals surface area contributed by atoms with Crippen LogP contribution in [0.3, 0.4) is 0 Å². The molecule has 12 heteroatoms. The Balaban J connectivity index is 1.78. The summed E-state index contributed by atoms with van der Waals surface area (Å²) in [6, 6.07) is 3.81. The number of ether oxygens (including phenoxy) is 1. The number of allylic oxidation sites excluding steroid dienone is 1. The monoisotopic (exact) mass is 432 g/mol. The molecule has 2 N–H and O–H groups in total. The highest BCUT2D eigenvalue weighted by Crippen LogP contribution is 2.26. The fourth-order valence-electron chi connectivity index (χ4n) is 2.56. The first-order valence-corrected chi connectivity index (χ1v) is 9.55. The van der Waals surface area contributed by atoms with Crippen molar-refractivity contribution < 1.29 is 14.5 Å². The molecule has 2 heterocycles. The normalized spacial score (nSPS) is 10.5. The molecule has 3 aromatic rings. The van der Waals surface area contributed by atoms with Crippen molar-refractivity contribution in [1.29, 1.82) is 0 Å². The third-order valence-corrected chi connectivity index (χ3v) is 5.02. The van der Waals surface area contributed by atoms with Crippen LogP contribution in [0.2, 0.25) is 0 Å². The van der Waals surface area contributed by atoms with E-state index < -0.39 is 10.8 Å². The van der Waals surface area contributed by atoms with Crippen molar-refractivity contribution in [2.45, 2.75) is 13.0 Å². The van der Waals surface area contributed by atoms with Gasteiger partial charge in [0.2, 0.25) is 0 Å². The molecule has 0 aliphatic heterocycles. The summed E-state index contributed by atoms with van der Waals surface area (Å²) in [5.74, 6) is 0.365. The zero-order valence-electron chi connectivity index (χ0n) is 15.2. The molecule has 0 atom stereocenters. The molecule has 0 spiro atoms. The van der Waals surface area contributed by atoms with Crippen molar-refractivity contribution >= 4 is 40.3 Å². The van der Waals surface area contributed by atoms with Crippen LogP contribution in [-0.2, 0) is 13.0 Å². The van der Waals surface area contributed by atoms with Gasteiger partial charge in [-0.2, -0.15) is 5.10 Å². The summed E-state index contributed by atoms with van der Waals surface area (Å²) in [6.07, 6.45) is 2.13. The summed E-state index contributed by atoms with van der Waals surface area (Å²) in [5.41, 5.74) is 0.529. The lowest BCUT2D eigenvalue weighted by Gasteiger charge is -2.07. The van der Waals surface area contributed by atoms with Gasteiger partial charge in [-0.25, -0.2) is 4.98 Å². The molecule has 0 unspecified atom stereocenters. The quantitative estimate of drug-likeness (QED) is 0.242. The van der Waals surface area contributed by atoms with Crippen LogP contribution in [0.5, 0.6) is 5.75 Å². The van der Waals surface area contributed by atoms with Gasteiger partial charge in [0.15, 0.2) is 9.90 Å². The molecule has 0 fully saturated rings. The molecule has 0 radical (unpaired) electrons. The van der Waals surface area contributed by atoms with E-state index in [9.17, 15) is 14.9 Å². The Bertz CT molecular complexity index is 1130. The number of rotatable bonds is 8. The van der Waals surface area contributed by atoms with Gasteiger partial charge >= 0.3 is 0 Å². The van der Waals surface area contributed by atoms with E-state index in [1.54, 1.807) is 16.0 Å². The molecule has 0 aliphatic carbocycles. The standard InChI is InChI=1S/C17H16N6O4S2/c1-3-6-22-14(20-21-17(22)28)7-10-9-29-16(18-10)19-15(24)12-8-11(23(25)26)4-5-13(12)27-2/h3-5,8-9H,1,6-7H2,2H3,(H,21,28)(H,18,19,24). The third kappa shape index (κ3) is 4.55. The van der Waals surface area contributed by atoms with Gasteiger partial charge in [0, 0.05) is 24.1 Å². The molecule has 1 amide bonds. The highest BCUT2D eigenvalue weighted by atomic mass is 32.1. The van der Waals surface area contributed by atoms with Crippen LogP contribution in [0.25, 0.3) is 0 Å². The zero-order valence-corrected chi connectivity index (χ0v) is 16.9. The van der Waals surface area contributed by atoms with Crippen molar-refractivity contribution in [3.05, 3.63) is 68.2 Å². The van der Waals surface area contributed by atoms with Gasteiger partial charge < -0.3 is 4.74 Å². The second-order valence-electron chi connectivity index (χ2n) is 5.76. The number of non-ortho nitro benzene ring substituents is 1. The van der Waals surface area contributed by atoms with Gasteiger partial charge in [-0.1, -0.05) is 6.08 Å². The number of hydrogen-bond acceptors (Lipinski definition) is 8. The van der Waals surface area contributed by atoms with Crippen molar-refractivity contribution in [2.24, 2.45) is 0 Å². The molecule has 3 rings (SSSR count). The number of amides is 1. The lowest BCUT2D eigenvalue weighted by Crippen LogP contribution is -2.13. The Morgan fingerprint density at radius 2 is 2.34 bits per heavy atom. The summed E-state index contributed by atoms with van der Waals surface area (Å²) in [4.78, 5) is 27.4. The number of hydrogen-bond donors (Lipinski definition) is 2.